The molecule has 1 aromatic carbocycles. The predicted molar refractivity (Wildman–Crippen MR) is 55.1 cm³/mol. The average Bonchev–Trinajstić information content (AvgIpc) is 2.08. The van der Waals surface area contributed by atoms with Crippen LogP contribution < -0.4 is 5.32 Å². The van der Waals surface area contributed by atoms with Gasteiger partial charge in [-0.3, -0.25) is 4.79 Å². The highest BCUT2D eigenvalue weighted by atomic mass is 79.9. The average molecular weight is 244 g/mol. The number of carbonyl (C=O) groups is 1. The molecule has 70 valence electrons. The van der Waals surface area contributed by atoms with Crippen molar-refractivity contribution < 1.29 is 9.90 Å². The zero-order valence-electron chi connectivity index (χ0n) is 7.12. The van der Waals surface area contributed by atoms with Crippen molar-refractivity contribution in [2.45, 2.75) is 11.8 Å². The monoisotopic (exact) mass is 243 g/mol. The number of para-hydroxylation sites is 2. The first-order chi connectivity index (χ1) is 6.11. The van der Waals surface area contributed by atoms with Crippen LogP contribution >= 0.6 is 15.9 Å². The summed E-state index contributed by atoms with van der Waals surface area (Å²) < 4.78 is 0. The van der Waals surface area contributed by atoms with Crippen molar-refractivity contribution in [1.29, 1.82) is 0 Å². The van der Waals surface area contributed by atoms with E-state index in [1.165, 1.54) is 6.07 Å². The summed E-state index contributed by atoms with van der Waals surface area (Å²) in [6.45, 7) is 1.72. The predicted octanol–water partition coefficient (Wildman–Crippen LogP) is 2.11. The summed E-state index contributed by atoms with van der Waals surface area (Å²) >= 11 is 3.13. The van der Waals surface area contributed by atoms with E-state index in [0.29, 0.717) is 5.69 Å². The molecule has 0 aromatic heterocycles. The number of hydrogen-bond acceptors (Lipinski definition) is 2. The summed E-state index contributed by atoms with van der Waals surface area (Å²) in [5.41, 5.74) is 0.429. The normalized spacial score (nSPS) is 12.2. The molecule has 0 radical (unpaired) electrons. The summed E-state index contributed by atoms with van der Waals surface area (Å²) in [4.78, 5) is 10.9. The first-order valence-corrected chi connectivity index (χ1v) is 4.76. The van der Waals surface area contributed by atoms with Gasteiger partial charge in [0.1, 0.15) is 5.75 Å². The molecule has 1 atom stereocenters. The van der Waals surface area contributed by atoms with Gasteiger partial charge in [-0.15, -0.1) is 0 Å². The molecule has 4 heteroatoms. The van der Waals surface area contributed by atoms with Crippen LogP contribution in [0.2, 0.25) is 0 Å². The number of phenolic OH excluding ortho intramolecular Hbond substituents is 1. The summed E-state index contributed by atoms with van der Waals surface area (Å²) in [5.74, 6) is -0.106. The molecule has 2 N–H and O–H groups in total. The van der Waals surface area contributed by atoms with E-state index in [0.717, 1.165) is 0 Å². The Morgan fingerprint density at radius 2 is 2.15 bits per heavy atom. The molecule has 1 unspecified atom stereocenters. The zero-order valence-corrected chi connectivity index (χ0v) is 8.71. The van der Waals surface area contributed by atoms with Crippen LogP contribution in [0.1, 0.15) is 6.92 Å². The molecule has 0 spiro atoms. The van der Waals surface area contributed by atoms with Gasteiger partial charge in [-0.25, -0.2) is 0 Å². The number of phenols is 1. The topological polar surface area (TPSA) is 49.3 Å². The first-order valence-electron chi connectivity index (χ1n) is 3.84. The number of anilines is 1. The summed E-state index contributed by atoms with van der Waals surface area (Å²) in [7, 11) is 0. The van der Waals surface area contributed by atoms with Crippen molar-refractivity contribution in [3.05, 3.63) is 24.3 Å². The molecule has 1 amide bonds. The van der Waals surface area contributed by atoms with E-state index in [9.17, 15) is 9.90 Å². The van der Waals surface area contributed by atoms with Gasteiger partial charge in [-0.2, -0.15) is 0 Å². The number of carbonyl (C=O) groups excluding carboxylic acids is 1. The first kappa shape index (κ1) is 10.1. The molecule has 0 heterocycles. The Labute approximate surface area is 84.9 Å². The minimum Gasteiger partial charge on any atom is -0.506 e. The van der Waals surface area contributed by atoms with Crippen LogP contribution in [-0.4, -0.2) is 15.8 Å². The van der Waals surface area contributed by atoms with Crippen LogP contribution in [0, 0.1) is 0 Å². The molecule has 1 aromatic rings. The number of nitrogens with one attached hydrogen (secondary N) is 1. The lowest BCUT2D eigenvalue weighted by atomic mass is 10.3. The van der Waals surface area contributed by atoms with Crippen LogP contribution in [0.4, 0.5) is 5.69 Å². The second-order valence-corrected chi connectivity index (χ2v) is 4.00. The van der Waals surface area contributed by atoms with E-state index in [1.54, 1.807) is 25.1 Å². The molecule has 0 bridgehead atoms. The van der Waals surface area contributed by atoms with E-state index < -0.39 is 0 Å². The minimum atomic E-state index is -0.271. The van der Waals surface area contributed by atoms with E-state index in [-0.39, 0.29) is 16.5 Å². The van der Waals surface area contributed by atoms with Crippen molar-refractivity contribution in [1.82, 2.24) is 0 Å². The van der Waals surface area contributed by atoms with Gasteiger partial charge in [0.05, 0.1) is 10.5 Å². The van der Waals surface area contributed by atoms with Crippen molar-refractivity contribution in [2.24, 2.45) is 0 Å². The lowest BCUT2D eigenvalue weighted by Crippen LogP contribution is -2.19. The Balaban J connectivity index is 2.75. The fraction of sp³-hybridized carbons (Fsp3) is 0.222. The fourth-order valence-electron chi connectivity index (χ4n) is 0.812. The van der Waals surface area contributed by atoms with Gasteiger partial charge in [0, 0.05) is 0 Å². The number of benzene rings is 1. The number of alkyl halides is 1. The van der Waals surface area contributed by atoms with E-state index >= 15 is 0 Å². The Morgan fingerprint density at radius 3 is 2.69 bits per heavy atom. The molecular formula is C9H10BrNO2. The molecule has 1 rings (SSSR count). The highest BCUT2D eigenvalue weighted by molar-refractivity contribution is 9.10. The molecule has 0 aliphatic rings. The third-order valence-corrected chi connectivity index (χ3v) is 1.94. The number of hydrogen-bond donors (Lipinski definition) is 2. The molecule has 0 saturated carbocycles. The Hall–Kier alpha value is -1.03. The van der Waals surface area contributed by atoms with Gasteiger partial charge < -0.3 is 10.4 Å². The van der Waals surface area contributed by atoms with Crippen LogP contribution in [0.15, 0.2) is 24.3 Å². The molecular weight excluding hydrogens is 234 g/mol. The van der Waals surface area contributed by atoms with Gasteiger partial charge in [-0.1, -0.05) is 28.1 Å². The maximum Gasteiger partial charge on any atom is 0.237 e. The second kappa shape index (κ2) is 4.28. The highest BCUT2D eigenvalue weighted by Gasteiger charge is 2.09. The fourth-order valence-corrected chi connectivity index (χ4v) is 0.926. The van der Waals surface area contributed by atoms with Crippen LogP contribution in [0.5, 0.6) is 5.75 Å². The molecule has 0 fully saturated rings. The third-order valence-electron chi connectivity index (χ3n) is 1.52. The van der Waals surface area contributed by atoms with Gasteiger partial charge in [0.15, 0.2) is 0 Å². The Morgan fingerprint density at radius 1 is 1.54 bits per heavy atom. The minimum absolute atomic E-state index is 0.0731. The molecule has 0 aliphatic heterocycles. The quantitative estimate of drug-likeness (QED) is 0.618. The largest absolute Gasteiger partial charge is 0.506 e. The molecule has 3 nitrogen and oxygen atoms in total. The zero-order chi connectivity index (χ0) is 9.84. The van der Waals surface area contributed by atoms with E-state index in [2.05, 4.69) is 21.2 Å². The summed E-state index contributed by atoms with van der Waals surface area (Å²) in [6.07, 6.45) is 0. The lowest BCUT2D eigenvalue weighted by molar-refractivity contribution is -0.115. The van der Waals surface area contributed by atoms with Gasteiger partial charge in [-0.05, 0) is 19.1 Å². The van der Waals surface area contributed by atoms with Gasteiger partial charge in [0.25, 0.3) is 0 Å². The maximum absolute atomic E-state index is 11.2. The van der Waals surface area contributed by atoms with Crippen LogP contribution in [-0.2, 0) is 4.79 Å². The van der Waals surface area contributed by atoms with Gasteiger partial charge >= 0.3 is 0 Å². The number of halogens is 1. The Bertz CT molecular complexity index is 312. The van der Waals surface area contributed by atoms with Crippen molar-refractivity contribution in [2.75, 3.05) is 5.32 Å². The van der Waals surface area contributed by atoms with E-state index in [1.807, 2.05) is 0 Å². The maximum atomic E-state index is 11.2. The van der Waals surface area contributed by atoms with Crippen molar-refractivity contribution >= 4 is 27.5 Å². The molecule has 0 saturated heterocycles. The number of aromatic hydroxyl groups is 1. The van der Waals surface area contributed by atoms with Gasteiger partial charge in [0.2, 0.25) is 5.91 Å². The second-order valence-electron chi connectivity index (χ2n) is 2.62. The standard InChI is InChI=1S/C9H10BrNO2/c1-6(10)9(13)11-7-4-2-3-5-8(7)12/h2-6,12H,1H3,(H,11,13). The van der Waals surface area contributed by atoms with Crippen molar-refractivity contribution in [3.63, 3.8) is 0 Å². The molecule has 0 aliphatic carbocycles. The number of amides is 1. The van der Waals surface area contributed by atoms with Crippen LogP contribution in [0.25, 0.3) is 0 Å². The van der Waals surface area contributed by atoms with Crippen molar-refractivity contribution in [3.8, 4) is 5.75 Å². The third kappa shape index (κ3) is 2.73. The summed E-state index contributed by atoms with van der Waals surface area (Å²) in [6, 6.07) is 6.61. The lowest BCUT2D eigenvalue weighted by Gasteiger charge is -2.07. The van der Waals surface area contributed by atoms with Crippen LogP contribution in [0.3, 0.4) is 0 Å². The van der Waals surface area contributed by atoms with E-state index in [4.69, 9.17) is 0 Å². The molecule has 13 heavy (non-hydrogen) atoms. The SMILES string of the molecule is CC(Br)C(=O)Nc1ccccc1O. The number of rotatable bonds is 2. The highest BCUT2D eigenvalue weighted by Crippen LogP contribution is 2.21. The Kier molecular flexibility index (Phi) is 3.31. The smallest absolute Gasteiger partial charge is 0.237 e. The summed E-state index contributed by atoms with van der Waals surface area (Å²) in [5, 5.41) is 11.9.